The van der Waals surface area contributed by atoms with Crippen LogP contribution in [0.25, 0.3) is 0 Å². The van der Waals surface area contributed by atoms with Gasteiger partial charge in [-0.15, -0.1) is 0 Å². The Morgan fingerprint density at radius 1 is 0.837 bits per heavy atom. The zero-order valence-corrected chi connectivity index (χ0v) is 26.3. The third-order valence-corrected chi connectivity index (χ3v) is 10.2. The molecule has 14 heteroatoms. The first-order valence-electron chi connectivity index (χ1n) is 12.5. The van der Waals surface area contributed by atoms with Gasteiger partial charge >= 0.3 is 0 Å². The van der Waals surface area contributed by atoms with Gasteiger partial charge in [0.05, 0.1) is 45.4 Å². The van der Waals surface area contributed by atoms with Crippen molar-refractivity contribution in [1.82, 2.24) is 0 Å². The smallest absolute Gasteiger partial charge is 0.264 e. The van der Waals surface area contributed by atoms with Crippen molar-refractivity contribution < 1.29 is 31.1 Å². The molecule has 0 bridgehead atoms. The van der Waals surface area contributed by atoms with E-state index in [9.17, 15) is 21.6 Å². The van der Waals surface area contributed by atoms with Gasteiger partial charge < -0.3 is 14.8 Å². The van der Waals surface area contributed by atoms with Crippen molar-refractivity contribution in [1.29, 1.82) is 0 Å². The van der Waals surface area contributed by atoms with E-state index in [-0.39, 0.29) is 42.6 Å². The highest BCUT2D eigenvalue weighted by Gasteiger charge is 2.29. The summed E-state index contributed by atoms with van der Waals surface area (Å²) in [6, 6.07) is 20.6. The highest BCUT2D eigenvalue weighted by atomic mass is 35.5. The van der Waals surface area contributed by atoms with Gasteiger partial charge in [0.25, 0.3) is 20.0 Å². The molecule has 0 atom stereocenters. The number of carbonyl (C=O) groups excluding carboxylic acids is 1. The molecule has 0 aliphatic rings. The van der Waals surface area contributed by atoms with Gasteiger partial charge in [0, 0.05) is 11.8 Å². The zero-order valence-electron chi connectivity index (χ0n) is 23.2. The van der Waals surface area contributed by atoms with Crippen molar-refractivity contribution in [2.45, 2.75) is 16.7 Å². The van der Waals surface area contributed by atoms with Crippen LogP contribution in [0.2, 0.25) is 10.0 Å². The SMILES string of the molecule is COc1ccc(NS(=O)(=O)c2ccc(NC(=O)CN(c3cccc(Cl)c3Cl)S(=O)(=O)c3ccc(C)cc3)cc2)c(OC)c1. The molecule has 0 spiro atoms. The fraction of sp³-hybridized carbons (Fsp3) is 0.138. The fourth-order valence-electron chi connectivity index (χ4n) is 3.96. The van der Waals surface area contributed by atoms with Crippen LogP contribution in [0.3, 0.4) is 0 Å². The van der Waals surface area contributed by atoms with E-state index in [4.69, 9.17) is 32.7 Å². The molecule has 43 heavy (non-hydrogen) atoms. The second-order valence-corrected chi connectivity index (χ2v) is 13.5. The van der Waals surface area contributed by atoms with Crippen molar-refractivity contribution in [2.24, 2.45) is 0 Å². The highest BCUT2D eigenvalue weighted by molar-refractivity contribution is 7.93. The number of nitrogens with one attached hydrogen (secondary N) is 2. The molecule has 226 valence electrons. The number of rotatable bonds is 11. The van der Waals surface area contributed by atoms with Crippen LogP contribution in [0.15, 0.2) is 94.7 Å². The van der Waals surface area contributed by atoms with E-state index in [0.29, 0.717) is 5.75 Å². The Kier molecular flexibility index (Phi) is 9.75. The number of aryl methyl sites for hydroxylation is 1. The van der Waals surface area contributed by atoms with E-state index >= 15 is 0 Å². The van der Waals surface area contributed by atoms with E-state index < -0.39 is 32.5 Å². The van der Waals surface area contributed by atoms with Crippen LogP contribution in [0.1, 0.15) is 5.56 Å². The van der Waals surface area contributed by atoms with Crippen molar-refractivity contribution >= 4 is 66.2 Å². The number of benzene rings is 4. The van der Waals surface area contributed by atoms with Crippen LogP contribution in [-0.2, 0) is 24.8 Å². The van der Waals surface area contributed by atoms with Crippen LogP contribution in [0.4, 0.5) is 17.1 Å². The number of hydrogen-bond acceptors (Lipinski definition) is 7. The lowest BCUT2D eigenvalue weighted by Crippen LogP contribution is -2.38. The van der Waals surface area contributed by atoms with Gasteiger partial charge in [0.2, 0.25) is 5.91 Å². The molecule has 0 radical (unpaired) electrons. The minimum Gasteiger partial charge on any atom is -0.497 e. The van der Waals surface area contributed by atoms with Crippen molar-refractivity contribution in [3.8, 4) is 11.5 Å². The molecule has 4 aromatic carbocycles. The third kappa shape index (κ3) is 7.34. The average Bonchev–Trinajstić information content (AvgIpc) is 2.98. The summed E-state index contributed by atoms with van der Waals surface area (Å²) in [5.41, 5.74) is 1.31. The molecule has 0 aromatic heterocycles. The number of methoxy groups -OCH3 is 2. The normalized spacial score (nSPS) is 11.5. The number of amides is 1. The Bertz CT molecular complexity index is 1850. The Morgan fingerprint density at radius 2 is 1.49 bits per heavy atom. The van der Waals surface area contributed by atoms with Gasteiger partial charge in [-0.3, -0.25) is 13.8 Å². The van der Waals surface area contributed by atoms with E-state index in [1.54, 1.807) is 18.2 Å². The highest BCUT2D eigenvalue weighted by Crippen LogP contribution is 2.36. The van der Waals surface area contributed by atoms with Crippen LogP contribution in [-0.4, -0.2) is 43.5 Å². The average molecular weight is 665 g/mol. The van der Waals surface area contributed by atoms with Crippen molar-refractivity contribution in [2.75, 3.05) is 35.1 Å². The Hall–Kier alpha value is -3.97. The lowest BCUT2D eigenvalue weighted by molar-refractivity contribution is -0.114. The summed E-state index contributed by atoms with van der Waals surface area (Å²) >= 11 is 12.5. The maximum absolute atomic E-state index is 13.6. The molecule has 0 fully saturated rings. The van der Waals surface area contributed by atoms with Crippen LogP contribution in [0.5, 0.6) is 11.5 Å². The Balaban J connectivity index is 1.55. The summed E-state index contributed by atoms with van der Waals surface area (Å²) in [6.45, 7) is 1.17. The number of ether oxygens (including phenoxy) is 2. The first kappa shape index (κ1) is 32.0. The number of anilines is 3. The molecule has 4 aromatic rings. The van der Waals surface area contributed by atoms with Gasteiger partial charge in [-0.25, -0.2) is 16.8 Å². The molecule has 0 unspecified atom stereocenters. The molecular weight excluding hydrogens is 637 g/mol. The first-order chi connectivity index (χ1) is 20.3. The molecule has 0 saturated carbocycles. The van der Waals surface area contributed by atoms with Gasteiger partial charge in [-0.2, -0.15) is 0 Å². The predicted octanol–water partition coefficient (Wildman–Crippen LogP) is 5.95. The van der Waals surface area contributed by atoms with Gasteiger partial charge in [0.15, 0.2) is 0 Å². The van der Waals surface area contributed by atoms with E-state index in [2.05, 4.69) is 10.0 Å². The quantitative estimate of drug-likeness (QED) is 0.203. The van der Waals surface area contributed by atoms with Crippen molar-refractivity contribution in [3.63, 3.8) is 0 Å². The van der Waals surface area contributed by atoms with Crippen LogP contribution in [0, 0.1) is 6.92 Å². The summed E-state index contributed by atoms with van der Waals surface area (Å²) in [5, 5.41) is 2.67. The molecule has 0 aliphatic carbocycles. The lowest BCUT2D eigenvalue weighted by Gasteiger charge is -2.25. The largest absolute Gasteiger partial charge is 0.497 e. The summed E-state index contributed by atoms with van der Waals surface area (Å²) in [4.78, 5) is 13.0. The second-order valence-electron chi connectivity index (χ2n) is 9.14. The molecule has 1 amide bonds. The Labute approximate surface area is 260 Å². The predicted molar refractivity (Wildman–Crippen MR) is 168 cm³/mol. The summed E-state index contributed by atoms with van der Waals surface area (Å²) < 4.78 is 67.0. The summed E-state index contributed by atoms with van der Waals surface area (Å²) in [6.07, 6.45) is 0. The minimum absolute atomic E-state index is 0.0198. The topological polar surface area (TPSA) is 131 Å². The maximum Gasteiger partial charge on any atom is 0.264 e. The molecule has 2 N–H and O–H groups in total. The number of carbonyl (C=O) groups is 1. The lowest BCUT2D eigenvalue weighted by atomic mass is 10.2. The van der Waals surface area contributed by atoms with Gasteiger partial charge in [-0.1, -0.05) is 47.0 Å². The van der Waals surface area contributed by atoms with E-state index in [0.717, 1.165) is 9.87 Å². The minimum atomic E-state index is -4.24. The van der Waals surface area contributed by atoms with Gasteiger partial charge in [-0.05, 0) is 67.6 Å². The van der Waals surface area contributed by atoms with Crippen LogP contribution >= 0.6 is 23.2 Å². The molecule has 4 rings (SSSR count). The molecule has 0 aliphatic heterocycles. The summed E-state index contributed by atoms with van der Waals surface area (Å²) in [5.74, 6) is 0.0444. The zero-order chi connectivity index (χ0) is 31.4. The number of hydrogen-bond donors (Lipinski definition) is 2. The maximum atomic E-state index is 13.6. The summed E-state index contributed by atoms with van der Waals surface area (Å²) in [7, 11) is -5.39. The van der Waals surface area contributed by atoms with Crippen molar-refractivity contribution in [3.05, 3.63) is 101 Å². The second kappa shape index (κ2) is 13.1. The standard InChI is InChI=1S/C29H27Cl2N3O7S2/c1-19-7-12-23(13-8-19)43(38,39)34(26-6-4-5-24(30)29(26)31)18-28(35)32-20-9-14-22(15-10-20)42(36,37)33-25-16-11-21(40-2)17-27(25)41-3/h4-17,33H,18H2,1-3H3,(H,32,35). The monoisotopic (exact) mass is 663 g/mol. The molecular formula is C29H27Cl2N3O7S2. The number of sulfonamides is 2. The molecule has 0 heterocycles. The number of nitrogens with zero attached hydrogens (tertiary/aromatic N) is 1. The first-order valence-corrected chi connectivity index (χ1v) is 16.2. The van der Waals surface area contributed by atoms with Gasteiger partial charge in [0.1, 0.15) is 18.0 Å². The fourth-order valence-corrected chi connectivity index (χ4v) is 6.91. The Morgan fingerprint density at radius 3 is 2.12 bits per heavy atom. The number of halogens is 2. The van der Waals surface area contributed by atoms with E-state index in [1.165, 1.54) is 80.9 Å². The molecule has 0 saturated heterocycles. The third-order valence-electron chi connectivity index (χ3n) is 6.20. The molecule has 10 nitrogen and oxygen atoms in total. The van der Waals surface area contributed by atoms with Crippen LogP contribution < -0.4 is 23.8 Å². The van der Waals surface area contributed by atoms with E-state index in [1.807, 2.05) is 6.92 Å².